The second-order valence-electron chi connectivity index (χ2n) is 7.75. The first-order valence-electron chi connectivity index (χ1n) is 10.3. The SMILES string of the molecule is Cc1ncc([C@@H](CC(=O)O)n2ccc(CCC[C@H]3CCc4cccnc4N3)n2)cn1. The van der Waals surface area contributed by atoms with Gasteiger partial charge in [-0.3, -0.25) is 9.48 Å². The monoisotopic (exact) mass is 406 g/mol. The number of aryl methyl sites for hydroxylation is 3. The highest BCUT2D eigenvalue weighted by Crippen LogP contribution is 2.25. The van der Waals surface area contributed by atoms with Crippen molar-refractivity contribution < 1.29 is 9.90 Å². The molecule has 0 unspecified atom stereocenters. The van der Waals surface area contributed by atoms with Crippen molar-refractivity contribution in [1.82, 2.24) is 24.7 Å². The Morgan fingerprint density at radius 2 is 2.13 bits per heavy atom. The fourth-order valence-electron chi connectivity index (χ4n) is 3.90. The van der Waals surface area contributed by atoms with Crippen LogP contribution in [-0.2, 0) is 17.6 Å². The van der Waals surface area contributed by atoms with Gasteiger partial charge in [-0.1, -0.05) is 6.07 Å². The summed E-state index contributed by atoms with van der Waals surface area (Å²) in [6.45, 7) is 1.80. The molecule has 3 aromatic rings. The number of fused-ring (bicyclic) bond motifs is 1. The normalized spacial score (nSPS) is 16.5. The number of hydrogen-bond donors (Lipinski definition) is 2. The lowest BCUT2D eigenvalue weighted by atomic mass is 9.97. The lowest BCUT2D eigenvalue weighted by Gasteiger charge is -2.25. The zero-order valence-electron chi connectivity index (χ0n) is 17.0. The Labute approximate surface area is 175 Å². The van der Waals surface area contributed by atoms with E-state index in [-0.39, 0.29) is 6.42 Å². The first-order valence-corrected chi connectivity index (χ1v) is 10.3. The molecule has 0 saturated carbocycles. The summed E-state index contributed by atoms with van der Waals surface area (Å²) in [6.07, 6.45) is 12.1. The average molecular weight is 406 g/mol. The van der Waals surface area contributed by atoms with E-state index in [4.69, 9.17) is 0 Å². The molecule has 0 bridgehead atoms. The minimum atomic E-state index is -0.880. The van der Waals surface area contributed by atoms with Crippen molar-refractivity contribution in [3.63, 3.8) is 0 Å². The van der Waals surface area contributed by atoms with E-state index < -0.39 is 12.0 Å². The van der Waals surface area contributed by atoms with Gasteiger partial charge < -0.3 is 10.4 Å². The summed E-state index contributed by atoms with van der Waals surface area (Å²) in [5.74, 6) is 0.785. The van der Waals surface area contributed by atoms with Crippen LogP contribution in [0.3, 0.4) is 0 Å². The number of pyridine rings is 1. The van der Waals surface area contributed by atoms with Crippen molar-refractivity contribution in [3.05, 3.63) is 65.6 Å². The summed E-state index contributed by atoms with van der Waals surface area (Å²) in [5, 5.41) is 17.5. The molecule has 30 heavy (non-hydrogen) atoms. The van der Waals surface area contributed by atoms with Gasteiger partial charge in [-0.25, -0.2) is 15.0 Å². The number of carboxylic acid groups (broad SMARTS) is 1. The average Bonchev–Trinajstić information content (AvgIpc) is 3.21. The maximum absolute atomic E-state index is 11.4. The van der Waals surface area contributed by atoms with Gasteiger partial charge in [0.05, 0.1) is 18.2 Å². The molecule has 0 radical (unpaired) electrons. The number of nitrogens with one attached hydrogen (secondary N) is 1. The Morgan fingerprint density at radius 3 is 2.93 bits per heavy atom. The van der Waals surface area contributed by atoms with Gasteiger partial charge in [-0.2, -0.15) is 5.10 Å². The van der Waals surface area contributed by atoms with Crippen molar-refractivity contribution in [1.29, 1.82) is 0 Å². The molecule has 0 spiro atoms. The Balaban J connectivity index is 1.36. The summed E-state index contributed by atoms with van der Waals surface area (Å²) in [4.78, 5) is 24.2. The van der Waals surface area contributed by atoms with E-state index in [0.717, 1.165) is 49.2 Å². The fraction of sp³-hybridized carbons (Fsp3) is 0.409. The maximum Gasteiger partial charge on any atom is 0.305 e. The van der Waals surface area contributed by atoms with Gasteiger partial charge in [0.1, 0.15) is 11.6 Å². The van der Waals surface area contributed by atoms with Gasteiger partial charge in [0.15, 0.2) is 0 Å². The molecule has 8 heteroatoms. The molecule has 1 aliphatic heterocycles. The van der Waals surface area contributed by atoms with Crippen molar-refractivity contribution in [2.24, 2.45) is 0 Å². The van der Waals surface area contributed by atoms with Crippen molar-refractivity contribution in [2.45, 2.75) is 57.5 Å². The third-order valence-corrected chi connectivity index (χ3v) is 5.52. The summed E-state index contributed by atoms with van der Waals surface area (Å²) in [5.41, 5.74) is 3.00. The predicted octanol–water partition coefficient (Wildman–Crippen LogP) is 3.19. The smallest absolute Gasteiger partial charge is 0.305 e. The quantitative estimate of drug-likeness (QED) is 0.592. The largest absolute Gasteiger partial charge is 0.481 e. The van der Waals surface area contributed by atoms with Crippen LogP contribution >= 0.6 is 0 Å². The summed E-state index contributed by atoms with van der Waals surface area (Å²) >= 11 is 0. The predicted molar refractivity (Wildman–Crippen MR) is 112 cm³/mol. The van der Waals surface area contributed by atoms with E-state index in [2.05, 4.69) is 31.4 Å². The number of rotatable bonds is 8. The number of carbonyl (C=O) groups is 1. The molecule has 0 fully saturated rings. The first-order chi connectivity index (χ1) is 14.6. The van der Waals surface area contributed by atoms with E-state index in [1.54, 1.807) is 24.0 Å². The highest BCUT2D eigenvalue weighted by atomic mass is 16.4. The Hall–Kier alpha value is -3.29. The van der Waals surface area contributed by atoms with Crippen LogP contribution in [0.4, 0.5) is 5.82 Å². The minimum absolute atomic E-state index is 0.0635. The molecule has 4 heterocycles. The van der Waals surface area contributed by atoms with Crippen LogP contribution in [0.15, 0.2) is 43.0 Å². The van der Waals surface area contributed by atoms with Gasteiger partial charge in [-0.15, -0.1) is 0 Å². The lowest BCUT2D eigenvalue weighted by molar-refractivity contribution is -0.137. The Kier molecular flexibility index (Phi) is 6.02. The van der Waals surface area contributed by atoms with Gasteiger partial charge in [0.2, 0.25) is 0 Å². The highest BCUT2D eigenvalue weighted by molar-refractivity contribution is 5.68. The van der Waals surface area contributed by atoms with E-state index >= 15 is 0 Å². The third kappa shape index (κ3) is 4.82. The maximum atomic E-state index is 11.4. The zero-order valence-corrected chi connectivity index (χ0v) is 17.0. The first kappa shape index (κ1) is 20.0. The van der Waals surface area contributed by atoms with Gasteiger partial charge in [0.25, 0.3) is 0 Å². The molecule has 3 aromatic heterocycles. The molecule has 1 aliphatic rings. The molecular weight excluding hydrogens is 380 g/mol. The third-order valence-electron chi connectivity index (χ3n) is 5.52. The molecule has 0 amide bonds. The second kappa shape index (κ2) is 9.02. The summed E-state index contributed by atoms with van der Waals surface area (Å²) in [6, 6.07) is 6.09. The molecule has 0 aliphatic carbocycles. The molecule has 156 valence electrons. The number of aromatic nitrogens is 5. The second-order valence-corrected chi connectivity index (χ2v) is 7.75. The molecular formula is C22H26N6O2. The van der Waals surface area contributed by atoms with Crippen molar-refractivity contribution >= 4 is 11.8 Å². The number of hydrogen-bond acceptors (Lipinski definition) is 6. The van der Waals surface area contributed by atoms with Crippen molar-refractivity contribution in [2.75, 3.05) is 5.32 Å². The van der Waals surface area contributed by atoms with Crippen LogP contribution in [0.2, 0.25) is 0 Å². The molecule has 0 aromatic carbocycles. The topological polar surface area (TPSA) is 106 Å². The Bertz CT molecular complexity index is 1000. The highest BCUT2D eigenvalue weighted by Gasteiger charge is 2.20. The molecule has 2 atom stereocenters. The number of anilines is 1. The van der Waals surface area contributed by atoms with Crippen LogP contribution in [-0.4, -0.2) is 41.9 Å². The van der Waals surface area contributed by atoms with Gasteiger partial charge >= 0.3 is 5.97 Å². The molecule has 2 N–H and O–H groups in total. The van der Waals surface area contributed by atoms with Crippen LogP contribution in [0, 0.1) is 6.92 Å². The minimum Gasteiger partial charge on any atom is -0.481 e. The molecule has 4 rings (SSSR count). The van der Waals surface area contributed by atoms with Gasteiger partial charge in [-0.05, 0) is 56.7 Å². The van der Waals surface area contributed by atoms with Crippen molar-refractivity contribution in [3.8, 4) is 0 Å². The molecule has 0 saturated heterocycles. The van der Waals surface area contributed by atoms with E-state index in [0.29, 0.717) is 11.9 Å². The van der Waals surface area contributed by atoms with Crippen LogP contribution in [0.25, 0.3) is 0 Å². The Morgan fingerprint density at radius 1 is 1.30 bits per heavy atom. The lowest BCUT2D eigenvalue weighted by Crippen LogP contribution is -2.26. The zero-order chi connectivity index (χ0) is 20.9. The fourth-order valence-corrected chi connectivity index (χ4v) is 3.90. The number of nitrogens with zero attached hydrogens (tertiary/aromatic N) is 5. The van der Waals surface area contributed by atoms with E-state index in [1.165, 1.54) is 5.56 Å². The van der Waals surface area contributed by atoms with Crippen LogP contribution in [0.5, 0.6) is 0 Å². The standard InChI is InChI=1S/C22H26N6O2/c1-15-24-13-17(14-25-15)20(12-21(29)30)28-11-9-19(27-28)6-2-5-18-8-7-16-4-3-10-23-22(16)26-18/h3-4,9-11,13-14,18,20H,2,5-8,12H2,1H3,(H,23,26)(H,29,30)/t18-,20+/m0/s1. The van der Waals surface area contributed by atoms with E-state index in [9.17, 15) is 9.90 Å². The van der Waals surface area contributed by atoms with E-state index in [1.807, 2.05) is 24.5 Å². The summed E-state index contributed by atoms with van der Waals surface area (Å²) in [7, 11) is 0. The summed E-state index contributed by atoms with van der Waals surface area (Å²) < 4.78 is 1.72. The number of carboxylic acids is 1. The number of aliphatic carboxylic acids is 1. The van der Waals surface area contributed by atoms with Gasteiger partial charge in [0, 0.05) is 36.4 Å². The molecule has 8 nitrogen and oxygen atoms in total. The van der Waals surface area contributed by atoms with Crippen LogP contribution in [0.1, 0.15) is 54.4 Å². The van der Waals surface area contributed by atoms with Crippen LogP contribution < -0.4 is 5.32 Å².